The number of thioether (sulfide) groups is 1. The second kappa shape index (κ2) is 12.5. The van der Waals surface area contributed by atoms with E-state index in [1.807, 2.05) is 18.0 Å². The van der Waals surface area contributed by atoms with Crippen LogP contribution in [0.5, 0.6) is 0 Å². The van der Waals surface area contributed by atoms with E-state index in [1.54, 1.807) is 16.4 Å². The van der Waals surface area contributed by atoms with Gasteiger partial charge in [-0.3, -0.25) is 4.99 Å². The van der Waals surface area contributed by atoms with Crippen molar-refractivity contribution < 1.29 is 0 Å². The normalized spacial score (nSPS) is 18.5. The monoisotopic (exact) mass is 579 g/mol. The van der Waals surface area contributed by atoms with Crippen molar-refractivity contribution >= 4 is 34.5 Å². The fourth-order valence-corrected chi connectivity index (χ4v) is 8.57. The van der Waals surface area contributed by atoms with E-state index in [1.165, 1.54) is 99.1 Å². The first kappa shape index (κ1) is 28.2. The summed E-state index contributed by atoms with van der Waals surface area (Å²) in [5.41, 5.74) is 8.72. The standard InChI is InChI=1S/C41H41NS/c1-3-5-13-28-21-22-37-34(31(28)16-6-4-2)23-24-36-32-17-9-7-14-29(32)25-38(41(36)37)33-18-10-11-19-35(33)40-27-42-26-30-15-8-12-20-39(30)43-40/h7-12,14-15,17-20,23-28,38H,3-6,13,16,21-22H2,1-2H3. The van der Waals surface area contributed by atoms with Crippen LogP contribution in [-0.4, -0.2) is 6.21 Å². The molecule has 2 unspecified atom stereocenters. The first-order valence-electron chi connectivity index (χ1n) is 16.3. The van der Waals surface area contributed by atoms with Gasteiger partial charge in [0, 0.05) is 33.7 Å². The SMILES string of the molecule is CCCCC1=c2ccc3c(c2CCC1CCCC)C(c1ccccc1C1=CN=Cc2ccccc2S1)C=c1ccccc1=3. The second-order valence-electron chi connectivity index (χ2n) is 12.3. The largest absolute Gasteiger partial charge is 0.263 e. The predicted octanol–water partition coefficient (Wildman–Crippen LogP) is 9.52. The lowest BCUT2D eigenvalue weighted by molar-refractivity contribution is 0.503. The van der Waals surface area contributed by atoms with Crippen LogP contribution in [0.25, 0.3) is 16.6 Å². The molecule has 0 amide bonds. The topological polar surface area (TPSA) is 12.4 Å². The molecule has 0 N–H and O–H groups in total. The molecule has 2 aliphatic carbocycles. The van der Waals surface area contributed by atoms with E-state index in [9.17, 15) is 0 Å². The van der Waals surface area contributed by atoms with Gasteiger partial charge in [-0.2, -0.15) is 0 Å². The summed E-state index contributed by atoms with van der Waals surface area (Å²) < 4.78 is 0. The lowest BCUT2D eigenvalue weighted by atomic mass is 9.74. The number of hydrogen-bond acceptors (Lipinski definition) is 2. The van der Waals surface area contributed by atoms with Crippen LogP contribution in [-0.2, 0) is 6.42 Å². The van der Waals surface area contributed by atoms with Gasteiger partial charge in [-0.05, 0) is 87.2 Å². The fraction of sp³-hybridized carbons (Fsp3) is 0.293. The van der Waals surface area contributed by atoms with Crippen LogP contribution in [0.2, 0.25) is 0 Å². The Kier molecular flexibility index (Phi) is 8.22. The average molecular weight is 580 g/mol. The number of nitrogens with zero attached hydrogens (tertiary/aromatic N) is 1. The average Bonchev–Trinajstić information content (AvgIpc) is 3.28. The molecule has 216 valence electrons. The van der Waals surface area contributed by atoms with E-state index in [-0.39, 0.29) is 5.92 Å². The molecule has 4 aromatic carbocycles. The Balaban J connectivity index is 1.45. The number of unbranched alkanes of at least 4 members (excludes halogenated alkanes) is 2. The predicted molar refractivity (Wildman–Crippen MR) is 185 cm³/mol. The van der Waals surface area contributed by atoms with Crippen molar-refractivity contribution in [3.05, 3.63) is 140 Å². The van der Waals surface area contributed by atoms with Crippen molar-refractivity contribution in [3.8, 4) is 0 Å². The highest BCUT2D eigenvalue weighted by Gasteiger charge is 2.28. The Morgan fingerprint density at radius 2 is 1.58 bits per heavy atom. The zero-order valence-electron chi connectivity index (χ0n) is 25.5. The summed E-state index contributed by atoms with van der Waals surface area (Å²) in [6, 6.07) is 31.6. The third-order valence-corrected chi connectivity index (χ3v) is 10.8. The van der Waals surface area contributed by atoms with Gasteiger partial charge in [0.25, 0.3) is 0 Å². The first-order chi connectivity index (χ1) is 21.3. The van der Waals surface area contributed by atoms with E-state index in [2.05, 4.69) is 111 Å². The molecule has 0 saturated carbocycles. The van der Waals surface area contributed by atoms with Crippen molar-refractivity contribution in [2.75, 3.05) is 0 Å². The molecule has 0 spiro atoms. The Bertz CT molecular complexity index is 1950. The quantitative estimate of drug-likeness (QED) is 0.202. The Morgan fingerprint density at radius 1 is 0.791 bits per heavy atom. The van der Waals surface area contributed by atoms with Gasteiger partial charge in [-0.25, -0.2) is 0 Å². The van der Waals surface area contributed by atoms with Gasteiger partial charge in [-0.1, -0.05) is 135 Å². The summed E-state index contributed by atoms with van der Waals surface area (Å²) in [7, 11) is 0. The Labute approximate surface area is 260 Å². The third-order valence-electron chi connectivity index (χ3n) is 9.66. The lowest BCUT2D eigenvalue weighted by Gasteiger charge is -2.31. The van der Waals surface area contributed by atoms with Gasteiger partial charge in [0.2, 0.25) is 0 Å². The molecule has 0 saturated heterocycles. The minimum atomic E-state index is 0.194. The molecule has 1 heterocycles. The van der Waals surface area contributed by atoms with E-state index in [4.69, 9.17) is 4.99 Å². The minimum Gasteiger partial charge on any atom is -0.263 e. The fourth-order valence-electron chi connectivity index (χ4n) is 7.54. The molecule has 1 nitrogen and oxygen atoms in total. The summed E-state index contributed by atoms with van der Waals surface area (Å²) in [4.78, 5) is 7.23. The van der Waals surface area contributed by atoms with Gasteiger partial charge in [-0.15, -0.1) is 0 Å². The summed E-state index contributed by atoms with van der Waals surface area (Å²) >= 11 is 1.84. The van der Waals surface area contributed by atoms with Crippen LogP contribution < -0.4 is 10.4 Å². The smallest absolute Gasteiger partial charge is 0.0413 e. The zero-order valence-corrected chi connectivity index (χ0v) is 26.3. The van der Waals surface area contributed by atoms with Crippen LogP contribution in [0, 0.1) is 16.4 Å². The van der Waals surface area contributed by atoms with Crippen LogP contribution in [0.1, 0.15) is 92.5 Å². The summed E-state index contributed by atoms with van der Waals surface area (Å²) in [5, 5.41) is 5.70. The molecule has 0 radical (unpaired) electrons. The number of benzene rings is 4. The van der Waals surface area contributed by atoms with E-state index in [0.717, 1.165) is 5.92 Å². The van der Waals surface area contributed by atoms with Crippen molar-refractivity contribution in [2.45, 2.75) is 76.0 Å². The summed E-state index contributed by atoms with van der Waals surface area (Å²) in [5.74, 6) is 0.924. The maximum atomic E-state index is 4.76. The molecular weight excluding hydrogens is 539 g/mol. The van der Waals surface area contributed by atoms with Crippen LogP contribution in [0.4, 0.5) is 0 Å². The van der Waals surface area contributed by atoms with Crippen LogP contribution in [0.15, 0.2) is 101 Å². The van der Waals surface area contributed by atoms with Crippen LogP contribution in [0.3, 0.4) is 0 Å². The molecule has 3 aliphatic rings. The highest BCUT2D eigenvalue weighted by Crippen LogP contribution is 2.43. The second-order valence-corrected chi connectivity index (χ2v) is 13.4. The Morgan fingerprint density at radius 3 is 2.49 bits per heavy atom. The van der Waals surface area contributed by atoms with Gasteiger partial charge >= 0.3 is 0 Å². The molecular formula is C41H41NS. The lowest BCUT2D eigenvalue weighted by Crippen LogP contribution is -2.29. The molecule has 2 heteroatoms. The Hall–Kier alpha value is -3.62. The van der Waals surface area contributed by atoms with Crippen molar-refractivity contribution in [3.63, 3.8) is 0 Å². The summed E-state index contributed by atoms with van der Waals surface area (Å²) in [6.07, 6.45) is 16.8. The van der Waals surface area contributed by atoms with Crippen molar-refractivity contribution in [1.29, 1.82) is 0 Å². The molecule has 43 heavy (non-hydrogen) atoms. The van der Waals surface area contributed by atoms with E-state index >= 15 is 0 Å². The molecule has 0 fully saturated rings. The van der Waals surface area contributed by atoms with Crippen LogP contribution >= 0.6 is 11.8 Å². The van der Waals surface area contributed by atoms with Gasteiger partial charge in [0.05, 0.1) is 0 Å². The molecule has 0 bridgehead atoms. The minimum absolute atomic E-state index is 0.194. The molecule has 1 aliphatic heterocycles. The molecule has 7 rings (SSSR count). The first-order valence-corrected chi connectivity index (χ1v) is 17.1. The van der Waals surface area contributed by atoms with Gasteiger partial charge < -0.3 is 0 Å². The number of fused-ring (bicyclic) bond motifs is 5. The van der Waals surface area contributed by atoms with Crippen molar-refractivity contribution in [2.24, 2.45) is 10.9 Å². The summed E-state index contributed by atoms with van der Waals surface area (Å²) in [6.45, 7) is 4.67. The van der Waals surface area contributed by atoms with E-state index in [0.29, 0.717) is 0 Å². The molecule has 2 atom stereocenters. The highest BCUT2D eigenvalue weighted by atomic mass is 32.2. The zero-order chi connectivity index (χ0) is 29.2. The third kappa shape index (κ3) is 5.36. The number of rotatable bonds is 8. The maximum absolute atomic E-state index is 4.76. The number of hydrogen-bond donors (Lipinski definition) is 0. The molecule has 0 aromatic heterocycles. The van der Waals surface area contributed by atoms with Gasteiger partial charge in [0.15, 0.2) is 0 Å². The number of aliphatic imine (C=N–C) groups is 1. The highest BCUT2D eigenvalue weighted by molar-refractivity contribution is 8.08. The van der Waals surface area contributed by atoms with Crippen molar-refractivity contribution in [1.82, 2.24) is 0 Å². The maximum Gasteiger partial charge on any atom is 0.0413 e. The van der Waals surface area contributed by atoms with E-state index < -0.39 is 0 Å². The van der Waals surface area contributed by atoms with Gasteiger partial charge in [0.1, 0.15) is 0 Å². The molecule has 4 aromatic rings.